The number of nitrogens with zero attached hydrogens (tertiary/aromatic N) is 1. The molecule has 0 aliphatic heterocycles. The first kappa shape index (κ1) is 9.09. The summed E-state index contributed by atoms with van der Waals surface area (Å²) in [4.78, 5) is 4.23. The zero-order valence-electron chi connectivity index (χ0n) is 7.46. The predicted octanol–water partition coefficient (Wildman–Crippen LogP) is 2.79. The number of hydrogen-bond donors (Lipinski definition) is 1. The average Bonchev–Trinajstić information content (AvgIpc) is 2.56. The highest BCUT2D eigenvalue weighted by molar-refractivity contribution is 6.37. The lowest BCUT2D eigenvalue weighted by atomic mass is 10.3. The number of fused-ring (bicyclic) bond motifs is 1. The van der Waals surface area contributed by atoms with E-state index in [1.807, 2.05) is 0 Å². The molecule has 0 amide bonds. The highest BCUT2D eigenvalue weighted by atomic mass is 35.5. The first-order chi connectivity index (χ1) is 6.72. The van der Waals surface area contributed by atoms with Gasteiger partial charge in [-0.05, 0) is 12.1 Å². The fraction of sp³-hybridized carbons (Fsp3) is 0.100. The molecule has 2 rings (SSSR count). The Balaban J connectivity index is 2.64. The van der Waals surface area contributed by atoms with E-state index in [-0.39, 0.29) is 0 Å². The van der Waals surface area contributed by atoms with Crippen molar-refractivity contribution >= 4 is 28.4 Å². The molecule has 0 aliphatic carbocycles. The van der Waals surface area contributed by atoms with E-state index in [9.17, 15) is 0 Å². The molecule has 0 aliphatic rings. The van der Waals surface area contributed by atoms with Crippen LogP contribution < -0.4 is 5.73 Å². The lowest BCUT2D eigenvalue weighted by Gasteiger charge is -1.94. The van der Waals surface area contributed by atoms with Gasteiger partial charge in [-0.15, -0.1) is 6.58 Å². The number of oxazole rings is 1. The van der Waals surface area contributed by atoms with E-state index >= 15 is 0 Å². The number of aromatic nitrogens is 1. The van der Waals surface area contributed by atoms with Crippen molar-refractivity contribution < 1.29 is 4.42 Å². The Morgan fingerprint density at radius 3 is 3.07 bits per heavy atom. The highest BCUT2D eigenvalue weighted by Gasteiger charge is 2.09. The second-order valence-electron chi connectivity index (χ2n) is 2.92. The molecular weight excluding hydrogens is 200 g/mol. The van der Waals surface area contributed by atoms with Gasteiger partial charge >= 0.3 is 0 Å². The zero-order valence-corrected chi connectivity index (χ0v) is 8.21. The number of halogens is 1. The standard InChI is InChI=1S/C10H9ClN2O/c1-2-3-8-13-7-5-4-6(12)9(11)10(7)14-8/h2,4-5H,1,3,12H2. The molecule has 0 radical (unpaired) electrons. The summed E-state index contributed by atoms with van der Waals surface area (Å²) < 4.78 is 5.43. The Hall–Kier alpha value is -1.48. The van der Waals surface area contributed by atoms with E-state index in [1.165, 1.54) is 0 Å². The number of allylic oxidation sites excluding steroid dienone is 1. The van der Waals surface area contributed by atoms with Crippen molar-refractivity contribution in [3.63, 3.8) is 0 Å². The number of nitrogen functional groups attached to an aromatic ring is 1. The van der Waals surface area contributed by atoms with Gasteiger partial charge in [0.2, 0.25) is 0 Å². The summed E-state index contributed by atoms with van der Waals surface area (Å²) in [6.07, 6.45) is 2.31. The Labute approximate surface area is 86.2 Å². The van der Waals surface area contributed by atoms with E-state index in [0.29, 0.717) is 28.6 Å². The van der Waals surface area contributed by atoms with Crippen LogP contribution in [0, 0.1) is 0 Å². The third-order valence-corrected chi connectivity index (χ3v) is 2.28. The Morgan fingerprint density at radius 2 is 2.36 bits per heavy atom. The van der Waals surface area contributed by atoms with Crippen LogP contribution in [0.4, 0.5) is 5.69 Å². The molecule has 0 bridgehead atoms. The van der Waals surface area contributed by atoms with Gasteiger partial charge in [0.15, 0.2) is 11.5 Å². The lowest BCUT2D eigenvalue weighted by molar-refractivity contribution is 0.547. The number of anilines is 1. The Kier molecular flexibility index (Phi) is 2.17. The fourth-order valence-electron chi connectivity index (χ4n) is 1.23. The van der Waals surface area contributed by atoms with Crippen molar-refractivity contribution in [3.05, 3.63) is 35.7 Å². The minimum Gasteiger partial charge on any atom is -0.439 e. The average molecular weight is 209 g/mol. The molecule has 3 nitrogen and oxygen atoms in total. The minimum atomic E-state index is 0.422. The molecular formula is C10H9ClN2O. The predicted molar refractivity (Wildman–Crippen MR) is 57.3 cm³/mol. The van der Waals surface area contributed by atoms with Crippen molar-refractivity contribution in [2.75, 3.05) is 5.73 Å². The summed E-state index contributed by atoms with van der Waals surface area (Å²) in [6.45, 7) is 3.61. The molecule has 1 aromatic carbocycles. The number of hydrogen-bond acceptors (Lipinski definition) is 3. The van der Waals surface area contributed by atoms with E-state index in [2.05, 4.69) is 11.6 Å². The lowest BCUT2D eigenvalue weighted by Crippen LogP contribution is -1.84. The maximum atomic E-state index is 5.95. The SMILES string of the molecule is C=CCc1nc2ccc(N)c(Cl)c2o1. The smallest absolute Gasteiger partial charge is 0.199 e. The van der Waals surface area contributed by atoms with Crippen LogP contribution in [0.5, 0.6) is 0 Å². The van der Waals surface area contributed by atoms with Gasteiger partial charge in [-0.25, -0.2) is 4.98 Å². The van der Waals surface area contributed by atoms with Gasteiger partial charge in [0.25, 0.3) is 0 Å². The molecule has 0 saturated heterocycles. The van der Waals surface area contributed by atoms with Crippen LogP contribution in [-0.4, -0.2) is 4.98 Å². The second kappa shape index (κ2) is 3.35. The largest absolute Gasteiger partial charge is 0.439 e. The van der Waals surface area contributed by atoms with Crippen LogP contribution in [0.2, 0.25) is 5.02 Å². The molecule has 1 heterocycles. The summed E-state index contributed by atoms with van der Waals surface area (Å²) in [5, 5.41) is 0.422. The van der Waals surface area contributed by atoms with Crippen molar-refractivity contribution in [2.24, 2.45) is 0 Å². The van der Waals surface area contributed by atoms with Crippen molar-refractivity contribution in [3.8, 4) is 0 Å². The molecule has 72 valence electrons. The topological polar surface area (TPSA) is 52.0 Å². The van der Waals surface area contributed by atoms with Crippen LogP contribution >= 0.6 is 11.6 Å². The number of rotatable bonds is 2. The zero-order chi connectivity index (χ0) is 10.1. The molecule has 14 heavy (non-hydrogen) atoms. The summed E-state index contributed by atoms with van der Waals surface area (Å²) in [5.74, 6) is 0.600. The molecule has 2 N–H and O–H groups in total. The molecule has 0 spiro atoms. The summed E-state index contributed by atoms with van der Waals surface area (Å²) in [5.41, 5.74) is 7.40. The van der Waals surface area contributed by atoms with Gasteiger partial charge < -0.3 is 10.2 Å². The Morgan fingerprint density at radius 1 is 1.57 bits per heavy atom. The van der Waals surface area contributed by atoms with Gasteiger partial charge in [-0.2, -0.15) is 0 Å². The molecule has 2 aromatic rings. The first-order valence-corrected chi connectivity index (χ1v) is 4.54. The highest BCUT2D eigenvalue weighted by Crippen LogP contribution is 2.29. The van der Waals surface area contributed by atoms with Crippen LogP contribution in [0.3, 0.4) is 0 Å². The fourth-order valence-corrected chi connectivity index (χ4v) is 1.43. The van der Waals surface area contributed by atoms with Gasteiger partial charge in [0, 0.05) is 6.42 Å². The monoisotopic (exact) mass is 208 g/mol. The minimum absolute atomic E-state index is 0.422. The van der Waals surface area contributed by atoms with E-state index in [0.717, 1.165) is 5.52 Å². The first-order valence-electron chi connectivity index (χ1n) is 4.16. The van der Waals surface area contributed by atoms with Crippen LogP contribution in [-0.2, 0) is 6.42 Å². The van der Waals surface area contributed by atoms with Gasteiger partial charge in [-0.3, -0.25) is 0 Å². The van der Waals surface area contributed by atoms with Crippen LogP contribution in [0.25, 0.3) is 11.1 Å². The molecule has 1 aromatic heterocycles. The maximum absolute atomic E-state index is 5.95. The van der Waals surface area contributed by atoms with E-state index in [4.69, 9.17) is 21.8 Å². The second-order valence-corrected chi connectivity index (χ2v) is 3.30. The van der Waals surface area contributed by atoms with Gasteiger partial charge in [0.1, 0.15) is 10.5 Å². The summed E-state index contributed by atoms with van der Waals surface area (Å²) in [7, 11) is 0. The van der Waals surface area contributed by atoms with Crippen LogP contribution in [0.1, 0.15) is 5.89 Å². The quantitative estimate of drug-likeness (QED) is 0.610. The third-order valence-electron chi connectivity index (χ3n) is 1.89. The Bertz CT molecular complexity index is 490. The maximum Gasteiger partial charge on any atom is 0.199 e. The molecule has 0 atom stereocenters. The molecule has 0 unspecified atom stereocenters. The van der Waals surface area contributed by atoms with Gasteiger partial charge in [0.05, 0.1) is 5.69 Å². The van der Waals surface area contributed by atoms with Crippen molar-refractivity contribution in [2.45, 2.75) is 6.42 Å². The van der Waals surface area contributed by atoms with Crippen LogP contribution in [0.15, 0.2) is 29.2 Å². The number of benzene rings is 1. The molecule has 0 fully saturated rings. The van der Waals surface area contributed by atoms with Crippen molar-refractivity contribution in [1.82, 2.24) is 4.98 Å². The van der Waals surface area contributed by atoms with Gasteiger partial charge in [-0.1, -0.05) is 17.7 Å². The number of nitrogens with two attached hydrogens (primary N) is 1. The van der Waals surface area contributed by atoms with Crippen molar-refractivity contribution in [1.29, 1.82) is 0 Å². The normalized spacial score (nSPS) is 10.6. The van der Waals surface area contributed by atoms with E-state index < -0.39 is 0 Å². The summed E-state index contributed by atoms with van der Waals surface area (Å²) >= 11 is 5.95. The molecule has 0 saturated carbocycles. The summed E-state index contributed by atoms with van der Waals surface area (Å²) in [6, 6.07) is 3.50. The third kappa shape index (κ3) is 1.36. The molecule has 4 heteroatoms. The van der Waals surface area contributed by atoms with E-state index in [1.54, 1.807) is 18.2 Å².